The van der Waals surface area contributed by atoms with Gasteiger partial charge in [-0.1, -0.05) is 0 Å². The molecule has 0 aromatic carbocycles. The highest BCUT2D eigenvalue weighted by molar-refractivity contribution is 6.64. The van der Waals surface area contributed by atoms with E-state index in [0.29, 0.717) is 12.1 Å². The van der Waals surface area contributed by atoms with Crippen molar-refractivity contribution in [3.05, 3.63) is 0 Å². The smallest absolute Gasteiger partial charge is 0.238 e. The topological polar surface area (TPSA) is 20.3 Å². The molecule has 0 saturated carbocycles. The summed E-state index contributed by atoms with van der Waals surface area (Å²) in [7, 11) is 0. The van der Waals surface area contributed by atoms with Crippen molar-refractivity contribution in [1.29, 1.82) is 0 Å². The summed E-state index contributed by atoms with van der Waals surface area (Å²) in [5.74, 6) is 0. The number of hydrogen-bond acceptors (Lipinski definition) is 2. The second kappa shape index (κ2) is 4.83. The molecular formula is C9H18ClNO. The lowest BCUT2D eigenvalue weighted by Gasteiger charge is -2.34. The maximum Gasteiger partial charge on any atom is 0.238 e. The number of nitrogens with zero attached hydrogens (tertiary/aromatic N) is 1. The number of halogens is 1. The van der Waals surface area contributed by atoms with Gasteiger partial charge in [0.25, 0.3) is 0 Å². The van der Waals surface area contributed by atoms with E-state index in [9.17, 15) is 4.79 Å². The van der Waals surface area contributed by atoms with E-state index in [4.69, 9.17) is 11.6 Å². The highest BCUT2D eigenvalue weighted by Gasteiger charge is 2.24. The van der Waals surface area contributed by atoms with Crippen LogP contribution in [0.3, 0.4) is 0 Å². The van der Waals surface area contributed by atoms with Crippen molar-refractivity contribution in [2.75, 3.05) is 0 Å². The number of carbonyl (C=O) groups is 1. The highest BCUT2D eigenvalue weighted by atomic mass is 35.5. The summed E-state index contributed by atoms with van der Waals surface area (Å²) in [6, 6.07) is 0.511. The fourth-order valence-corrected chi connectivity index (χ4v) is 1.72. The molecule has 0 N–H and O–H groups in total. The molecule has 3 heteroatoms. The molecule has 0 aliphatic carbocycles. The van der Waals surface area contributed by atoms with Crippen LogP contribution in [-0.4, -0.2) is 28.3 Å². The molecule has 0 heterocycles. The van der Waals surface area contributed by atoms with Crippen LogP contribution in [0.15, 0.2) is 0 Å². The maximum absolute atomic E-state index is 10.9. The molecule has 0 amide bonds. The monoisotopic (exact) mass is 191 g/mol. The zero-order chi connectivity index (χ0) is 9.89. The van der Waals surface area contributed by atoms with Crippen LogP contribution < -0.4 is 0 Å². The van der Waals surface area contributed by atoms with Gasteiger partial charge in [-0.3, -0.25) is 9.69 Å². The largest absolute Gasteiger partial charge is 0.288 e. The molecule has 0 aromatic heterocycles. The lowest BCUT2D eigenvalue weighted by atomic mass is 10.1. The summed E-state index contributed by atoms with van der Waals surface area (Å²) >= 11 is 5.43. The fraction of sp³-hybridized carbons (Fsp3) is 0.889. The molecule has 72 valence electrons. The normalized spacial score (nSPS) is 14.4. The molecule has 0 aliphatic heterocycles. The first kappa shape index (κ1) is 11.9. The van der Waals surface area contributed by atoms with E-state index >= 15 is 0 Å². The minimum atomic E-state index is -0.280. The van der Waals surface area contributed by atoms with Crippen LogP contribution in [0.25, 0.3) is 0 Å². The molecule has 0 aliphatic rings. The third-order valence-corrected chi connectivity index (χ3v) is 2.28. The summed E-state index contributed by atoms with van der Waals surface area (Å²) in [6.07, 6.45) is 0. The van der Waals surface area contributed by atoms with Gasteiger partial charge in [-0.05, 0) is 46.2 Å². The molecule has 0 bridgehead atoms. The van der Waals surface area contributed by atoms with Gasteiger partial charge in [-0.2, -0.15) is 0 Å². The Bertz CT molecular complexity index is 149. The molecule has 2 nitrogen and oxygen atoms in total. The Balaban J connectivity index is 4.40. The molecule has 12 heavy (non-hydrogen) atoms. The zero-order valence-corrected chi connectivity index (χ0v) is 9.22. The Morgan fingerprint density at radius 2 is 1.42 bits per heavy atom. The van der Waals surface area contributed by atoms with Crippen LogP contribution in [0, 0.1) is 0 Å². The van der Waals surface area contributed by atoms with E-state index in [1.54, 1.807) is 0 Å². The predicted octanol–water partition coefficient (Wildman–Crippen LogP) is 2.26. The first-order chi connectivity index (χ1) is 5.37. The van der Waals surface area contributed by atoms with E-state index in [2.05, 4.69) is 32.6 Å². The van der Waals surface area contributed by atoms with Crippen LogP contribution in [0.5, 0.6) is 0 Å². The van der Waals surface area contributed by atoms with Gasteiger partial charge in [-0.25, -0.2) is 0 Å². The van der Waals surface area contributed by atoms with Crippen molar-refractivity contribution < 1.29 is 4.79 Å². The Kier molecular flexibility index (Phi) is 4.80. The van der Waals surface area contributed by atoms with Gasteiger partial charge in [0.15, 0.2) is 0 Å². The minimum absolute atomic E-state index is 0.188. The SMILES string of the molecule is CC(C)N(C(C)C)C(C)C(=O)Cl. The van der Waals surface area contributed by atoms with Crippen molar-refractivity contribution >= 4 is 16.8 Å². The molecule has 0 aromatic rings. The molecule has 0 saturated heterocycles. The summed E-state index contributed by atoms with van der Waals surface area (Å²) in [5.41, 5.74) is 0. The van der Waals surface area contributed by atoms with Gasteiger partial charge >= 0.3 is 0 Å². The molecule has 0 fully saturated rings. The molecular weight excluding hydrogens is 174 g/mol. The van der Waals surface area contributed by atoms with Gasteiger partial charge in [0.1, 0.15) is 0 Å². The van der Waals surface area contributed by atoms with E-state index in [-0.39, 0.29) is 11.3 Å². The molecule has 0 spiro atoms. The van der Waals surface area contributed by atoms with Crippen LogP contribution in [0.4, 0.5) is 0 Å². The first-order valence-corrected chi connectivity index (χ1v) is 4.72. The Morgan fingerprint density at radius 1 is 1.08 bits per heavy atom. The lowest BCUT2D eigenvalue weighted by molar-refractivity contribution is -0.117. The van der Waals surface area contributed by atoms with Gasteiger partial charge in [0.05, 0.1) is 6.04 Å². The van der Waals surface area contributed by atoms with Crippen LogP contribution in [-0.2, 0) is 4.79 Å². The first-order valence-electron chi connectivity index (χ1n) is 4.34. The number of carbonyl (C=O) groups excluding carboxylic acids is 1. The van der Waals surface area contributed by atoms with E-state index < -0.39 is 0 Å². The van der Waals surface area contributed by atoms with E-state index in [1.165, 1.54) is 0 Å². The van der Waals surface area contributed by atoms with E-state index in [0.717, 1.165) is 0 Å². The Morgan fingerprint density at radius 3 is 1.50 bits per heavy atom. The second-order valence-corrected chi connectivity index (χ2v) is 3.99. The van der Waals surface area contributed by atoms with Gasteiger partial charge in [0, 0.05) is 12.1 Å². The van der Waals surface area contributed by atoms with Crippen LogP contribution in [0.2, 0.25) is 0 Å². The molecule has 1 unspecified atom stereocenters. The molecule has 0 radical (unpaired) electrons. The standard InChI is InChI=1S/C9H18ClNO/c1-6(2)11(7(3)4)8(5)9(10)12/h6-8H,1-5H3. The molecule has 1 atom stereocenters. The summed E-state index contributed by atoms with van der Waals surface area (Å²) in [6.45, 7) is 10.1. The van der Waals surface area contributed by atoms with Crippen molar-refractivity contribution in [3.8, 4) is 0 Å². The summed E-state index contributed by atoms with van der Waals surface area (Å²) < 4.78 is 0. The van der Waals surface area contributed by atoms with E-state index in [1.807, 2.05) is 6.92 Å². The third-order valence-electron chi connectivity index (χ3n) is 1.97. The van der Waals surface area contributed by atoms with Crippen LogP contribution >= 0.6 is 11.6 Å². The van der Waals surface area contributed by atoms with Crippen molar-refractivity contribution in [3.63, 3.8) is 0 Å². The highest BCUT2D eigenvalue weighted by Crippen LogP contribution is 2.12. The summed E-state index contributed by atoms with van der Waals surface area (Å²) in [4.78, 5) is 13.0. The molecule has 0 rings (SSSR count). The average molecular weight is 192 g/mol. The fourth-order valence-electron chi connectivity index (χ4n) is 1.61. The third kappa shape index (κ3) is 3.11. The maximum atomic E-state index is 10.9. The quantitative estimate of drug-likeness (QED) is 0.636. The Labute approximate surface area is 79.9 Å². The lowest BCUT2D eigenvalue weighted by Crippen LogP contribution is -2.46. The Hall–Kier alpha value is -0.0800. The second-order valence-electron chi connectivity index (χ2n) is 3.61. The number of rotatable bonds is 4. The zero-order valence-electron chi connectivity index (χ0n) is 8.47. The number of hydrogen-bond donors (Lipinski definition) is 0. The van der Waals surface area contributed by atoms with Gasteiger partial charge < -0.3 is 0 Å². The van der Waals surface area contributed by atoms with Gasteiger partial charge in [-0.15, -0.1) is 0 Å². The van der Waals surface area contributed by atoms with Gasteiger partial charge in [0.2, 0.25) is 5.24 Å². The minimum Gasteiger partial charge on any atom is -0.288 e. The van der Waals surface area contributed by atoms with Crippen LogP contribution in [0.1, 0.15) is 34.6 Å². The average Bonchev–Trinajstić information content (AvgIpc) is 1.85. The summed E-state index contributed by atoms with van der Waals surface area (Å²) in [5, 5.41) is -0.280. The predicted molar refractivity (Wildman–Crippen MR) is 52.4 cm³/mol. The van der Waals surface area contributed by atoms with Crippen molar-refractivity contribution in [2.45, 2.75) is 52.7 Å². The van der Waals surface area contributed by atoms with Crippen molar-refractivity contribution in [2.24, 2.45) is 0 Å². The van der Waals surface area contributed by atoms with Crippen molar-refractivity contribution in [1.82, 2.24) is 4.90 Å².